The van der Waals surface area contributed by atoms with E-state index in [-0.39, 0.29) is 6.04 Å². The minimum Gasteiger partial charge on any atom is -0.333 e. The van der Waals surface area contributed by atoms with E-state index in [9.17, 15) is 0 Å². The maximum absolute atomic E-state index is 6.41. The number of benzene rings is 1. The molecule has 2 N–H and O–H groups in total. The zero-order valence-corrected chi connectivity index (χ0v) is 11.4. The predicted octanol–water partition coefficient (Wildman–Crippen LogP) is 2.28. The second-order valence-electron chi connectivity index (χ2n) is 4.73. The van der Waals surface area contributed by atoms with Crippen LogP contribution in [0.2, 0.25) is 0 Å². The number of aryl methyl sites for hydroxylation is 1. The van der Waals surface area contributed by atoms with Crippen molar-refractivity contribution in [2.75, 3.05) is 0 Å². The molecule has 0 saturated carbocycles. The van der Waals surface area contributed by atoms with Crippen molar-refractivity contribution in [3.8, 4) is 0 Å². The number of rotatable bonds is 4. The Bertz CT molecular complexity index is 714. The van der Waals surface area contributed by atoms with Crippen LogP contribution in [0, 0.1) is 0 Å². The summed E-state index contributed by atoms with van der Waals surface area (Å²) in [4.78, 5) is 13.1. The minimum absolute atomic E-state index is 0.294. The summed E-state index contributed by atoms with van der Waals surface area (Å²) in [6.07, 6.45) is 8.19. The summed E-state index contributed by atoms with van der Waals surface area (Å²) < 4.78 is 2.10. The van der Waals surface area contributed by atoms with Gasteiger partial charge in [-0.1, -0.05) is 19.1 Å². The molecule has 0 saturated heterocycles. The van der Waals surface area contributed by atoms with Crippen LogP contribution in [0.3, 0.4) is 0 Å². The monoisotopic (exact) mass is 267 g/mol. The van der Waals surface area contributed by atoms with Gasteiger partial charge < -0.3 is 10.3 Å². The highest BCUT2D eigenvalue weighted by Crippen LogP contribution is 2.24. The van der Waals surface area contributed by atoms with Crippen molar-refractivity contribution in [2.45, 2.75) is 25.9 Å². The van der Waals surface area contributed by atoms with Crippen molar-refractivity contribution in [2.24, 2.45) is 5.73 Å². The summed E-state index contributed by atoms with van der Waals surface area (Å²) in [5.74, 6) is 0.866. The molecule has 5 heteroatoms. The Kier molecular flexibility index (Phi) is 3.43. The fourth-order valence-corrected chi connectivity index (χ4v) is 2.43. The van der Waals surface area contributed by atoms with E-state index < -0.39 is 0 Å². The second kappa shape index (κ2) is 5.38. The number of nitrogens with zero attached hydrogens (tertiary/aromatic N) is 4. The highest BCUT2D eigenvalue weighted by atomic mass is 15.1. The van der Waals surface area contributed by atoms with E-state index in [0.717, 1.165) is 35.4 Å². The molecular weight excluding hydrogens is 250 g/mol. The SMILES string of the molecule is CCCn1ccnc1C(N)c1cccc2nccnc12. The first-order valence-corrected chi connectivity index (χ1v) is 6.77. The number of hydrogen-bond donors (Lipinski definition) is 1. The molecule has 102 valence electrons. The molecule has 1 atom stereocenters. The Labute approximate surface area is 117 Å². The standard InChI is InChI=1S/C15H17N5/c1-2-9-20-10-8-19-15(20)13(16)11-4-3-5-12-14(11)18-7-6-17-12/h3-8,10,13H,2,9,16H2,1H3. The average Bonchev–Trinajstić information content (AvgIpc) is 2.94. The molecule has 0 fully saturated rings. The number of nitrogens with two attached hydrogens (primary N) is 1. The third-order valence-electron chi connectivity index (χ3n) is 3.36. The van der Waals surface area contributed by atoms with E-state index in [1.807, 2.05) is 24.4 Å². The van der Waals surface area contributed by atoms with Gasteiger partial charge in [0.2, 0.25) is 0 Å². The third-order valence-corrected chi connectivity index (χ3v) is 3.36. The topological polar surface area (TPSA) is 69.6 Å². The first-order valence-electron chi connectivity index (χ1n) is 6.77. The van der Waals surface area contributed by atoms with Gasteiger partial charge in [0.05, 0.1) is 17.1 Å². The van der Waals surface area contributed by atoms with Gasteiger partial charge in [-0.05, 0) is 12.5 Å². The van der Waals surface area contributed by atoms with E-state index in [2.05, 4.69) is 26.4 Å². The molecule has 2 aromatic heterocycles. The number of aromatic nitrogens is 4. The van der Waals surface area contributed by atoms with E-state index in [1.54, 1.807) is 18.6 Å². The van der Waals surface area contributed by atoms with Crippen LogP contribution in [0.1, 0.15) is 30.8 Å². The largest absolute Gasteiger partial charge is 0.333 e. The van der Waals surface area contributed by atoms with Crippen molar-refractivity contribution in [1.82, 2.24) is 19.5 Å². The van der Waals surface area contributed by atoms with Gasteiger partial charge >= 0.3 is 0 Å². The van der Waals surface area contributed by atoms with E-state index in [1.165, 1.54) is 0 Å². The molecule has 2 heterocycles. The lowest BCUT2D eigenvalue weighted by Crippen LogP contribution is -2.18. The van der Waals surface area contributed by atoms with Crippen LogP contribution in [-0.2, 0) is 6.54 Å². The van der Waals surface area contributed by atoms with Gasteiger partial charge in [0, 0.05) is 36.9 Å². The van der Waals surface area contributed by atoms with Gasteiger partial charge in [0.15, 0.2) is 0 Å². The van der Waals surface area contributed by atoms with Crippen LogP contribution in [-0.4, -0.2) is 19.5 Å². The number of fused-ring (bicyclic) bond motifs is 1. The summed E-state index contributed by atoms with van der Waals surface area (Å²) in [7, 11) is 0. The Hall–Kier alpha value is -2.27. The number of hydrogen-bond acceptors (Lipinski definition) is 4. The smallest absolute Gasteiger partial charge is 0.130 e. The second-order valence-corrected chi connectivity index (χ2v) is 4.73. The summed E-state index contributed by atoms with van der Waals surface area (Å²) >= 11 is 0. The first kappa shape index (κ1) is 12.7. The van der Waals surface area contributed by atoms with E-state index in [4.69, 9.17) is 5.73 Å². The molecule has 0 aliphatic heterocycles. The van der Waals surface area contributed by atoms with E-state index >= 15 is 0 Å². The third kappa shape index (κ3) is 2.16. The Morgan fingerprint density at radius 1 is 1.15 bits per heavy atom. The van der Waals surface area contributed by atoms with Gasteiger partial charge in [0.25, 0.3) is 0 Å². The van der Waals surface area contributed by atoms with Gasteiger partial charge in [-0.3, -0.25) is 9.97 Å². The summed E-state index contributed by atoms with van der Waals surface area (Å²) in [5, 5.41) is 0. The van der Waals surface area contributed by atoms with Crippen molar-refractivity contribution in [1.29, 1.82) is 0 Å². The molecule has 1 aromatic carbocycles. The van der Waals surface area contributed by atoms with Crippen LogP contribution < -0.4 is 5.73 Å². The maximum atomic E-state index is 6.41. The van der Waals surface area contributed by atoms with Crippen LogP contribution in [0.5, 0.6) is 0 Å². The average molecular weight is 267 g/mol. The molecule has 0 radical (unpaired) electrons. The van der Waals surface area contributed by atoms with Crippen molar-refractivity contribution < 1.29 is 0 Å². The predicted molar refractivity (Wildman–Crippen MR) is 78.1 cm³/mol. The Morgan fingerprint density at radius 2 is 2.00 bits per heavy atom. The minimum atomic E-state index is -0.294. The van der Waals surface area contributed by atoms with Crippen LogP contribution in [0.4, 0.5) is 0 Å². The van der Waals surface area contributed by atoms with Crippen molar-refractivity contribution in [3.05, 3.63) is 54.4 Å². The highest BCUT2D eigenvalue weighted by molar-refractivity contribution is 5.78. The van der Waals surface area contributed by atoms with Crippen LogP contribution >= 0.6 is 0 Å². The lowest BCUT2D eigenvalue weighted by Gasteiger charge is -2.15. The van der Waals surface area contributed by atoms with Crippen molar-refractivity contribution >= 4 is 11.0 Å². The molecule has 0 aliphatic carbocycles. The molecule has 0 bridgehead atoms. The summed E-state index contributed by atoms with van der Waals surface area (Å²) in [6.45, 7) is 3.05. The molecule has 0 amide bonds. The normalized spacial score (nSPS) is 12.7. The molecule has 0 aliphatic rings. The molecule has 0 spiro atoms. The summed E-state index contributed by atoms with van der Waals surface area (Å²) in [6, 6.07) is 5.60. The number of para-hydroxylation sites is 1. The number of imidazole rings is 1. The first-order chi connectivity index (χ1) is 9.81. The summed E-state index contributed by atoms with van der Waals surface area (Å²) in [5.41, 5.74) is 9.06. The Morgan fingerprint density at radius 3 is 2.85 bits per heavy atom. The molecule has 20 heavy (non-hydrogen) atoms. The fourth-order valence-electron chi connectivity index (χ4n) is 2.43. The van der Waals surface area contributed by atoms with Gasteiger partial charge in [-0.25, -0.2) is 4.98 Å². The van der Waals surface area contributed by atoms with Gasteiger partial charge in [-0.2, -0.15) is 0 Å². The van der Waals surface area contributed by atoms with Crippen LogP contribution in [0.15, 0.2) is 43.0 Å². The lowest BCUT2D eigenvalue weighted by molar-refractivity contribution is 0.614. The van der Waals surface area contributed by atoms with Gasteiger partial charge in [0.1, 0.15) is 5.82 Å². The zero-order valence-electron chi connectivity index (χ0n) is 11.4. The molecule has 1 unspecified atom stereocenters. The van der Waals surface area contributed by atoms with Gasteiger partial charge in [-0.15, -0.1) is 0 Å². The quantitative estimate of drug-likeness (QED) is 0.787. The Balaban J connectivity index is 2.08. The van der Waals surface area contributed by atoms with Crippen LogP contribution in [0.25, 0.3) is 11.0 Å². The lowest BCUT2D eigenvalue weighted by atomic mass is 10.0. The van der Waals surface area contributed by atoms with Crippen molar-refractivity contribution in [3.63, 3.8) is 0 Å². The molecule has 5 nitrogen and oxygen atoms in total. The molecule has 3 rings (SSSR count). The molecule has 3 aromatic rings. The molecular formula is C15H17N5. The van der Waals surface area contributed by atoms with E-state index in [0.29, 0.717) is 0 Å². The highest BCUT2D eigenvalue weighted by Gasteiger charge is 2.17. The zero-order chi connectivity index (χ0) is 13.9. The fraction of sp³-hybridized carbons (Fsp3) is 0.267. The maximum Gasteiger partial charge on any atom is 0.130 e.